The van der Waals surface area contributed by atoms with Gasteiger partial charge in [0, 0.05) is 28.6 Å². The molecule has 4 atom stereocenters. The predicted octanol–water partition coefficient (Wildman–Crippen LogP) is 4.22. The number of aromatic nitrogens is 4. The molecule has 4 unspecified atom stereocenters. The zero-order valence-corrected chi connectivity index (χ0v) is 16.5. The molecular formula is C23H20FN5O2. The van der Waals surface area contributed by atoms with Gasteiger partial charge in [0.2, 0.25) is 0 Å². The second kappa shape index (κ2) is 6.73. The Morgan fingerprint density at radius 1 is 1.16 bits per heavy atom. The molecule has 3 aromatic heterocycles. The van der Waals surface area contributed by atoms with E-state index in [1.165, 1.54) is 6.07 Å². The molecule has 0 radical (unpaired) electrons. The van der Waals surface area contributed by atoms with Crippen molar-refractivity contribution in [2.75, 3.05) is 5.32 Å². The summed E-state index contributed by atoms with van der Waals surface area (Å²) >= 11 is 0. The normalized spacial score (nSPS) is 24.8. The van der Waals surface area contributed by atoms with Crippen LogP contribution < -0.4 is 5.32 Å². The second-order valence-corrected chi connectivity index (χ2v) is 8.53. The van der Waals surface area contributed by atoms with Gasteiger partial charge in [-0.1, -0.05) is 12.1 Å². The van der Waals surface area contributed by atoms with E-state index in [2.05, 4.69) is 15.3 Å². The lowest BCUT2D eigenvalue weighted by molar-refractivity contribution is -0.143. The van der Waals surface area contributed by atoms with Crippen LogP contribution in [-0.2, 0) is 4.79 Å². The highest BCUT2D eigenvalue weighted by atomic mass is 19.1. The summed E-state index contributed by atoms with van der Waals surface area (Å²) in [7, 11) is 0. The van der Waals surface area contributed by atoms with Crippen LogP contribution in [0.4, 0.5) is 10.2 Å². The molecule has 2 bridgehead atoms. The van der Waals surface area contributed by atoms with Gasteiger partial charge < -0.3 is 15.4 Å². The minimum atomic E-state index is -0.749. The molecule has 2 aliphatic rings. The van der Waals surface area contributed by atoms with E-state index < -0.39 is 17.7 Å². The first-order chi connectivity index (χ1) is 15.1. The third kappa shape index (κ3) is 2.85. The average molecular weight is 417 g/mol. The van der Waals surface area contributed by atoms with E-state index in [0.717, 1.165) is 36.4 Å². The molecule has 7 nitrogen and oxygen atoms in total. The second-order valence-electron chi connectivity index (χ2n) is 8.53. The molecule has 3 heterocycles. The van der Waals surface area contributed by atoms with Crippen LogP contribution in [0.3, 0.4) is 0 Å². The summed E-state index contributed by atoms with van der Waals surface area (Å²) in [6, 6.07) is 8.89. The molecular weight excluding hydrogens is 397 g/mol. The maximum Gasteiger partial charge on any atom is 0.308 e. The Morgan fingerprint density at radius 3 is 2.87 bits per heavy atom. The largest absolute Gasteiger partial charge is 0.481 e. The minimum Gasteiger partial charge on any atom is -0.481 e. The van der Waals surface area contributed by atoms with Crippen molar-refractivity contribution < 1.29 is 14.3 Å². The van der Waals surface area contributed by atoms with Gasteiger partial charge >= 0.3 is 5.97 Å². The number of para-hydroxylation sites is 1. The lowest BCUT2D eigenvalue weighted by Gasteiger charge is -2.29. The van der Waals surface area contributed by atoms with E-state index in [0.29, 0.717) is 34.2 Å². The fourth-order valence-corrected chi connectivity index (χ4v) is 5.48. The summed E-state index contributed by atoms with van der Waals surface area (Å²) in [5.41, 5.74) is 1.95. The number of carbonyl (C=O) groups is 1. The third-order valence-electron chi connectivity index (χ3n) is 6.85. The molecule has 0 aliphatic heterocycles. The number of halogens is 1. The predicted molar refractivity (Wildman–Crippen MR) is 114 cm³/mol. The SMILES string of the molecule is O=C(O)C1C2CCC(C2)C1Nc1nc(-c2c[nH]c3ncc(F)cc23)nc2ccccc12. The summed E-state index contributed by atoms with van der Waals surface area (Å²) in [5, 5.41) is 14.7. The smallest absolute Gasteiger partial charge is 0.308 e. The van der Waals surface area contributed by atoms with Crippen LogP contribution in [-0.4, -0.2) is 37.1 Å². The molecule has 2 fully saturated rings. The number of pyridine rings is 1. The van der Waals surface area contributed by atoms with Crippen molar-refractivity contribution in [2.24, 2.45) is 17.8 Å². The van der Waals surface area contributed by atoms with Gasteiger partial charge in [0.15, 0.2) is 5.82 Å². The zero-order chi connectivity index (χ0) is 21.1. The molecule has 0 spiro atoms. The molecule has 1 aromatic carbocycles. The van der Waals surface area contributed by atoms with Crippen LogP contribution in [0.1, 0.15) is 19.3 Å². The number of carboxylic acid groups (broad SMARTS) is 1. The van der Waals surface area contributed by atoms with Gasteiger partial charge in [-0.05, 0) is 49.3 Å². The Hall–Kier alpha value is -3.55. The highest BCUT2D eigenvalue weighted by Crippen LogP contribution is 2.49. The van der Waals surface area contributed by atoms with Crippen LogP contribution in [0.2, 0.25) is 0 Å². The van der Waals surface area contributed by atoms with E-state index in [4.69, 9.17) is 9.97 Å². The van der Waals surface area contributed by atoms with Crippen molar-refractivity contribution in [3.63, 3.8) is 0 Å². The van der Waals surface area contributed by atoms with E-state index in [1.54, 1.807) is 6.20 Å². The highest BCUT2D eigenvalue weighted by molar-refractivity contribution is 5.95. The molecule has 3 N–H and O–H groups in total. The number of anilines is 1. The lowest BCUT2D eigenvalue weighted by Crippen LogP contribution is -2.39. The van der Waals surface area contributed by atoms with Gasteiger partial charge in [0.25, 0.3) is 0 Å². The Morgan fingerprint density at radius 2 is 2.00 bits per heavy atom. The Kier molecular flexibility index (Phi) is 3.96. The summed E-state index contributed by atoms with van der Waals surface area (Å²) < 4.78 is 13.8. The molecule has 2 saturated carbocycles. The van der Waals surface area contributed by atoms with Crippen molar-refractivity contribution in [2.45, 2.75) is 25.3 Å². The van der Waals surface area contributed by atoms with Gasteiger partial charge in [0.1, 0.15) is 17.3 Å². The van der Waals surface area contributed by atoms with Crippen LogP contribution >= 0.6 is 0 Å². The monoisotopic (exact) mass is 417 g/mol. The fourth-order valence-electron chi connectivity index (χ4n) is 5.48. The number of rotatable bonds is 4. The van der Waals surface area contributed by atoms with Crippen molar-refractivity contribution >= 4 is 33.7 Å². The number of hydrogen-bond donors (Lipinski definition) is 3. The maximum atomic E-state index is 13.8. The molecule has 156 valence electrons. The first kappa shape index (κ1) is 18.2. The Balaban J connectivity index is 1.48. The van der Waals surface area contributed by atoms with Crippen molar-refractivity contribution in [3.05, 3.63) is 48.5 Å². The van der Waals surface area contributed by atoms with Gasteiger partial charge in [-0.15, -0.1) is 0 Å². The molecule has 0 saturated heterocycles. The van der Waals surface area contributed by atoms with E-state index in [1.807, 2.05) is 24.3 Å². The Bertz CT molecular complexity index is 1340. The van der Waals surface area contributed by atoms with E-state index in [-0.39, 0.29) is 12.0 Å². The number of nitrogens with zero attached hydrogens (tertiary/aromatic N) is 3. The van der Waals surface area contributed by atoms with Crippen molar-refractivity contribution in [3.8, 4) is 11.4 Å². The number of nitrogens with one attached hydrogen (secondary N) is 2. The van der Waals surface area contributed by atoms with Gasteiger partial charge in [-0.2, -0.15) is 0 Å². The highest BCUT2D eigenvalue weighted by Gasteiger charge is 2.51. The van der Waals surface area contributed by atoms with Gasteiger partial charge in [-0.3, -0.25) is 4.79 Å². The Labute approximate surface area is 176 Å². The van der Waals surface area contributed by atoms with Crippen LogP contribution in [0, 0.1) is 23.6 Å². The molecule has 4 aromatic rings. The van der Waals surface area contributed by atoms with Crippen LogP contribution in [0.5, 0.6) is 0 Å². The quantitative estimate of drug-likeness (QED) is 0.459. The molecule has 6 rings (SSSR count). The maximum absolute atomic E-state index is 13.8. The van der Waals surface area contributed by atoms with E-state index >= 15 is 0 Å². The fraction of sp³-hybridized carbons (Fsp3) is 0.304. The minimum absolute atomic E-state index is 0.163. The number of carboxylic acids is 1. The number of hydrogen-bond acceptors (Lipinski definition) is 5. The number of aliphatic carboxylic acids is 1. The molecule has 8 heteroatoms. The number of H-pyrrole nitrogens is 1. The van der Waals surface area contributed by atoms with Gasteiger partial charge in [0.05, 0.1) is 17.6 Å². The van der Waals surface area contributed by atoms with Crippen molar-refractivity contribution in [1.29, 1.82) is 0 Å². The lowest BCUT2D eigenvalue weighted by atomic mass is 9.84. The summed E-state index contributed by atoms with van der Waals surface area (Å²) in [6.45, 7) is 0. The van der Waals surface area contributed by atoms with Gasteiger partial charge in [-0.25, -0.2) is 19.3 Å². The van der Waals surface area contributed by atoms with Crippen LogP contribution in [0.15, 0.2) is 42.7 Å². The average Bonchev–Trinajstić information content (AvgIpc) is 3.48. The number of benzene rings is 1. The van der Waals surface area contributed by atoms with Crippen molar-refractivity contribution in [1.82, 2.24) is 19.9 Å². The summed E-state index contributed by atoms with van der Waals surface area (Å²) in [4.78, 5) is 28.6. The number of aromatic amines is 1. The zero-order valence-electron chi connectivity index (χ0n) is 16.5. The molecule has 2 aliphatic carbocycles. The summed E-state index contributed by atoms with van der Waals surface area (Å²) in [5.74, 6) is 0.00504. The number of fused-ring (bicyclic) bond motifs is 4. The van der Waals surface area contributed by atoms with Crippen LogP contribution in [0.25, 0.3) is 33.3 Å². The summed E-state index contributed by atoms with van der Waals surface area (Å²) in [6.07, 6.45) is 5.84. The first-order valence-corrected chi connectivity index (χ1v) is 10.5. The standard InChI is InChI=1S/C23H20FN5O2/c24-13-8-15-16(10-26-20(15)25-9-13)22-27-17-4-2-1-3-14(17)21(29-22)28-19-12-6-5-11(7-12)18(19)23(30)31/h1-4,8-12,18-19H,5-7H2,(H,25,26)(H,30,31)(H,27,28,29). The first-order valence-electron chi connectivity index (χ1n) is 10.5. The van der Waals surface area contributed by atoms with E-state index in [9.17, 15) is 14.3 Å². The topological polar surface area (TPSA) is 104 Å². The molecule has 31 heavy (non-hydrogen) atoms. The molecule has 0 amide bonds. The third-order valence-corrected chi connectivity index (χ3v) is 6.85.